The molecule has 0 amide bonds. The lowest BCUT2D eigenvalue weighted by atomic mass is 9.83. The quantitative estimate of drug-likeness (QED) is 0.739. The van der Waals surface area contributed by atoms with E-state index < -0.39 is 0 Å². The number of hydrogen-bond donors (Lipinski definition) is 1. The minimum absolute atomic E-state index is 0.306. The van der Waals surface area contributed by atoms with E-state index in [1.165, 1.54) is 38.4 Å². The van der Waals surface area contributed by atoms with Gasteiger partial charge in [-0.25, -0.2) is 0 Å². The van der Waals surface area contributed by atoms with Crippen LogP contribution in [-0.4, -0.2) is 6.79 Å². The van der Waals surface area contributed by atoms with Gasteiger partial charge in [0.25, 0.3) is 0 Å². The van der Waals surface area contributed by atoms with E-state index in [0.29, 0.717) is 6.79 Å². The van der Waals surface area contributed by atoms with Gasteiger partial charge in [-0.05, 0) is 24.3 Å². The summed E-state index contributed by atoms with van der Waals surface area (Å²) in [6, 6.07) is 4.15. The summed E-state index contributed by atoms with van der Waals surface area (Å²) >= 11 is 0. The highest BCUT2D eigenvalue weighted by atomic mass is 16.7. The van der Waals surface area contributed by atoms with Crippen molar-refractivity contribution in [2.45, 2.75) is 13.3 Å². The number of hydrogen-bond acceptors (Lipinski definition) is 3. The summed E-state index contributed by atoms with van der Waals surface area (Å²) < 4.78 is 11.0. The Morgan fingerprint density at radius 2 is 2.05 bits per heavy atom. The minimum Gasteiger partial charge on any atom is -0.454 e. The molecule has 0 spiro atoms. The number of ether oxygens (including phenoxy) is 2. The third-order valence-corrected chi connectivity index (χ3v) is 4.54. The molecule has 1 aromatic carbocycles. The SMILES string of the molecule is CC1=[C+]C=CC2=CNC3=c4cc5c(cc4=CCC3=C12)OCO5. The van der Waals surface area contributed by atoms with Gasteiger partial charge in [-0.1, -0.05) is 6.08 Å². The van der Waals surface area contributed by atoms with Crippen LogP contribution in [0.25, 0.3) is 11.8 Å². The van der Waals surface area contributed by atoms with Crippen molar-refractivity contribution in [2.24, 2.45) is 0 Å². The van der Waals surface area contributed by atoms with Gasteiger partial charge in [0.15, 0.2) is 11.5 Å². The number of fused-ring (bicyclic) bond motifs is 4. The largest absolute Gasteiger partial charge is 0.454 e. The molecule has 1 aromatic rings. The first-order chi connectivity index (χ1) is 10.8. The smallest absolute Gasteiger partial charge is 0.231 e. The fourth-order valence-corrected chi connectivity index (χ4v) is 3.51. The molecule has 1 N–H and O–H groups in total. The Balaban J connectivity index is 1.83. The Labute approximate surface area is 128 Å². The van der Waals surface area contributed by atoms with Gasteiger partial charge in [-0.15, -0.1) is 0 Å². The molecule has 0 radical (unpaired) electrons. The van der Waals surface area contributed by atoms with Crippen molar-refractivity contribution in [1.29, 1.82) is 0 Å². The molecule has 4 aliphatic rings. The van der Waals surface area contributed by atoms with Gasteiger partial charge in [-0.3, -0.25) is 0 Å². The van der Waals surface area contributed by atoms with Gasteiger partial charge < -0.3 is 14.8 Å². The highest BCUT2D eigenvalue weighted by Gasteiger charge is 2.30. The lowest BCUT2D eigenvalue weighted by Gasteiger charge is -2.22. The van der Waals surface area contributed by atoms with Crippen molar-refractivity contribution in [3.05, 3.63) is 69.3 Å². The fraction of sp³-hybridized carbons (Fsp3) is 0.158. The maximum absolute atomic E-state index is 5.53. The second-order valence-electron chi connectivity index (χ2n) is 5.78. The van der Waals surface area contributed by atoms with Gasteiger partial charge in [0, 0.05) is 29.5 Å². The molecule has 0 fully saturated rings. The van der Waals surface area contributed by atoms with Crippen LogP contribution < -0.4 is 25.2 Å². The zero-order valence-corrected chi connectivity index (χ0v) is 12.2. The van der Waals surface area contributed by atoms with Crippen LogP contribution in [0.4, 0.5) is 0 Å². The highest BCUT2D eigenvalue weighted by molar-refractivity contribution is 5.79. The molecule has 0 atom stereocenters. The highest BCUT2D eigenvalue weighted by Crippen LogP contribution is 2.36. The monoisotopic (exact) mass is 288 g/mol. The van der Waals surface area contributed by atoms with Crippen LogP contribution in [0.2, 0.25) is 0 Å². The van der Waals surface area contributed by atoms with Crippen LogP contribution in [0.15, 0.2) is 52.8 Å². The molecule has 0 aromatic heterocycles. The van der Waals surface area contributed by atoms with E-state index in [-0.39, 0.29) is 0 Å². The van der Waals surface area contributed by atoms with Crippen LogP contribution in [0, 0.1) is 6.08 Å². The number of allylic oxidation sites excluding steroid dienone is 6. The molecule has 3 nitrogen and oxygen atoms in total. The van der Waals surface area contributed by atoms with E-state index >= 15 is 0 Å². The third kappa shape index (κ3) is 1.49. The zero-order valence-electron chi connectivity index (χ0n) is 12.2. The first-order valence-corrected chi connectivity index (χ1v) is 7.43. The van der Waals surface area contributed by atoms with E-state index in [1.807, 2.05) is 6.08 Å². The zero-order chi connectivity index (χ0) is 14.7. The molecule has 5 rings (SSSR count). The molecule has 0 saturated heterocycles. The van der Waals surface area contributed by atoms with E-state index in [2.05, 4.69) is 48.8 Å². The van der Waals surface area contributed by atoms with Crippen LogP contribution in [-0.2, 0) is 0 Å². The number of benzene rings is 1. The van der Waals surface area contributed by atoms with E-state index in [9.17, 15) is 0 Å². The first-order valence-electron chi connectivity index (χ1n) is 7.43. The third-order valence-electron chi connectivity index (χ3n) is 4.54. The van der Waals surface area contributed by atoms with Gasteiger partial charge in [0.05, 0.1) is 11.8 Å². The Bertz CT molecular complexity index is 958. The van der Waals surface area contributed by atoms with Gasteiger partial charge >= 0.3 is 0 Å². The summed E-state index contributed by atoms with van der Waals surface area (Å²) in [5, 5.41) is 5.85. The van der Waals surface area contributed by atoms with Crippen molar-refractivity contribution in [1.82, 2.24) is 5.32 Å². The van der Waals surface area contributed by atoms with Gasteiger partial charge in [-0.2, -0.15) is 0 Å². The van der Waals surface area contributed by atoms with Crippen molar-refractivity contribution >= 4 is 11.8 Å². The number of rotatable bonds is 0. The molecular formula is C19H14NO2+. The van der Waals surface area contributed by atoms with Crippen molar-refractivity contribution < 1.29 is 9.47 Å². The first kappa shape index (κ1) is 11.8. The molecule has 0 saturated carbocycles. The molecule has 22 heavy (non-hydrogen) atoms. The summed E-state index contributed by atoms with van der Waals surface area (Å²) in [4.78, 5) is 0. The summed E-state index contributed by atoms with van der Waals surface area (Å²) in [5.74, 6) is 1.66. The van der Waals surface area contributed by atoms with Crippen LogP contribution in [0.5, 0.6) is 11.5 Å². The van der Waals surface area contributed by atoms with Crippen molar-refractivity contribution in [2.75, 3.05) is 6.79 Å². The van der Waals surface area contributed by atoms with E-state index in [1.54, 1.807) is 0 Å². The molecular weight excluding hydrogens is 274 g/mol. The average molecular weight is 288 g/mol. The van der Waals surface area contributed by atoms with Crippen LogP contribution in [0.3, 0.4) is 0 Å². The molecule has 2 heterocycles. The van der Waals surface area contributed by atoms with Gasteiger partial charge in [0.1, 0.15) is 22.8 Å². The summed E-state index contributed by atoms with van der Waals surface area (Å²) in [7, 11) is 0. The van der Waals surface area contributed by atoms with Crippen molar-refractivity contribution in [3.8, 4) is 11.5 Å². The predicted octanol–water partition coefficient (Wildman–Crippen LogP) is 1.81. The summed E-state index contributed by atoms with van der Waals surface area (Å²) in [5.41, 5.74) is 6.23. The maximum atomic E-state index is 5.53. The Kier molecular flexibility index (Phi) is 2.22. The average Bonchev–Trinajstić information content (AvgIpc) is 2.99. The molecule has 0 bridgehead atoms. The predicted molar refractivity (Wildman–Crippen MR) is 84.1 cm³/mol. The van der Waals surface area contributed by atoms with Gasteiger partial charge in [0.2, 0.25) is 6.79 Å². The lowest BCUT2D eigenvalue weighted by Crippen LogP contribution is -2.36. The number of nitrogens with one attached hydrogen (secondary N) is 1. The Morgan fingerprint density at radius 3 is 2.95 bits per heavy atom. The second-order valence-corrected chi connectivity index (χ2v) is 5.78. The lowest BCUT2D eigenvalue weighted by molar-refractivity contribution is 0.174. The Hall–Kier alpha value is -2.77. The maximum Gasteiger partial charge on any atom is 0.231 e. The Morgan fingerprint density at radius 1 is 1.18 bits per heavy atom. The fourth-order valence-electron chi connectivity index (χ4n) is 3.51. The topological polar surface area (TPSA) is 30.5 Å². The van der Waals surface area contributed by atoms with Crippen LogP contribution in [0.1, 0.15) is 13.3 Å². The number of dihydropyridines is 1. The molecule has 2 aliphatic carbocycles. The van der Waals surface area contributed by atoms with E-state index in [4.69, 9.17) is 9.47 Å². The normalized spacial score (nSPS) is 20.0. The van der Waals surface area contributed by atoms with E-state index in [0.717, 1.165) is 17.9 Å². The molecule has 3 heteroatoms. The van der Waals surface area contributed by atoms with Crippen molar-refractivity contribution in [3.63, 3.8) is 0 Å². The standard InChI is InChI=1S/C19H14NO2/c1-11-3-2-4-13-9-20-19-14(18(11)13)6-5-12-7-16-17(8-15(12)19)22-10-21-16/h2,4-5,7-9,20H,6,10H2,1H3/q+1. The summed E-state index contributed by atoms with van der Waals surface area (Å²) in [6.07, 6.45) is 12.7. The minimum atomic E-state index is 0.306. The molecule has 0 unspecified atom stereocenters. The molecule has 106 valence electrons. The summed E-state index contributed by atoms with van der Waals surface area (Å²) in [6.45, 7) is 2.43. The van der Waals surface area contributed by atoms with Crippen LogP contribution >= 0.6 is 0 Å². The molecule has 2 aliphatic heterocycles. The second kappa shape index (κ2) is 4.12.